The van der Waals surface area contributed by atoms with Gasteiger partial charge in [0.05, 0.1) is 25.0 Å². The van der Waals surface area contributed by atoms with Crippen molar-refractivity contribution >= 4 is 17.3 Å². The highest BCUT2D eigenvalue weighted by Gasteiger charge is 2.23. The monoisotopic (exact) mass is 321 g/mol. The summed E-state index contributed by atoms with van der Waals surface area (Å²) < 4.78 is 12.3. The Morgan fingerprint density at radius 1 is 1.50 bits per heavy atom. The number of anilines is 1. The van der Waals surface area contributed by atoms with Crippen molar-refractivity contribution in [1.82, 2.24) is 9.78 Å². The second-order valence-corrected chi connectivity index (χ2v) is 5.48. The molecule has 116 valence electrons. The number of benzene rings is 1. The minimum atomic E-state index is -0.328. The van der Waals surface area contributed by atoms with Gasteiger partial charge in [0.15, 0.2) is 11.5 Å². The lowest BCUT2D eigenvalue weighted by Crippen LogP contribution is -2.34. The van der Waals surface area contributed by atoms with Crippen molar-refractivity contribution < 1.29 is 9.47 Å². The van der Waals surface area contributed by atoms with Crippen LogP contribution in [0.25, 0.3) is 0 Å². The van der Waals surface area contributed by atoms with Gasteiger partial charge in [0, 0.05) is 12.6 Å². The molecule has 0 fully saturated rings. The molecule has 1 atom stereocenters. The first-order chi connectivity index (χ1) is 10.6. The van der Waals surface area contributed by atoms with Crippen LogP contribution in [0.1, 0.15) is 5.56 Å². The van der Waals surface area contributed by atoms with Crippen molar-refractivity contribution in [2.24, 2.45) is 7.05 Å². The van der Waals surface area contributed by atoms with E-state index in [0.717, 1.165) is 23.5 Å². The minimum Gasteiger partial charge on any atom is -0.493 e. The molecule has 7 heteroatoms. The zero-order valence-corrected chi connectivity index (χ0v) is 13.1. The Kier molecular flexibility index (Phi) is 3.94. The Morgan fingerprint density at radius 3 is 3.09 bits per heavy atom. The second-order valence-electron chi connectivity index (χ2n) is 5.11. The number of methoxy groups -OCH3 is 1. The van der Waals surface area contributed by atoms with Crippen molar-refractivity contribution in [3.63, 3.8) is 0 Å². The standard InChI is InChI=1S/C15H16ClN3O3/c1-19-15(20)13(16)11(7-17-19)18-10-6-9-4-3-5-12(21-2)14(9)22-8-10/h3-5,7,10,18H,6,8H2,1-2H3/t10-/m0/s1. The Bertz CT molecular complexity index is 760. The van der Waals surface area contributed by atoms with Gasteiger partial charge in [-0.2, -0.15) is 5.10 Å². The molecule has 1 aliphatic heterocycles. The number of aromatic nitrogens is 2. The molecule has 2 aromatic rings. The van der Waals surface area contributed by atoms with Crippen LogP contribution in [0, 0.1) is 0 Å². The van der Waals surface area contributed by atoms with Crippen molar-refractivity contribution in [2.45, 2.75) is 12.5 Å². The van der Waals surface area contributed by atoms with Gasteiger partial charge in [-0.15, -0.1) is 0 Å². The highest BCUT2D eigenvalue weighted by Crippen LogP contribution is 2.35. The molecule has 0 spiro atoms. The molecule has 1 aromatic carbocycles. The molecule has 1 aliphatic rings. The van der Waals surface area contributed by atoms with E-state index in [1.807, 2.05) is 18.2 Å². The third kappa shape index (κ3) is 2.62. The number of hydrogen-bond acceptors (Lipinski definition) is 5. The van der Waals surface area contributed by atoms with Gasteiger partial charge in [0.1, 0.15) is 11.6 Å². The van der Waals surface area contributed by atoms with Crippen molar-refractivity contribution in [3.8, 4) is 11.5 Å². The molecule has 0 amide bonds. The molecule has 0 radical (unpaired) electrons. The maximum absolute atomic E-state index is 11.8. The normalized spacial score (nSPS) is 16.6. The molecular weight excluding hydrogens is 306 g/mol. The third-order valence-corrected chi connectivity index (χ3v) is 3.98. The lowest BCUT2D eigenvalue weighted by atomic mass is 10.0. The Morgan fingerprint density at radius 2 is 2.32 bits per heavy atom. The number of hydrogen-bond donors (Lipinski definition) is 1. The van der Waals surface area contributed by atoms with Crippen LogP contribution in [0.2, 0.25) is 5.02 Å². The van der Waals surface area contributed by atoms with Gasteiger partial charge in [0.25, 0.3) is 5.56 Å². The summed E-state index contributed by atoms with van der Waals surface area (Å²) in [7, 11) is 3.18. The summed E-state index contributed by atoms with van der Waals surface area (Å²) in [4.78, 5) is 11.8. The molecule has 2 heterocycles. The molecular formula is C15H16ClN3O3. The lowest BCUT2D eigenvalue weighted by Gasteiger charge is -2.28. The van der Waals surface area contributed by atoms with Gasteiger partial charge >= 0.3 is 0 Å². The second kappa shape index (κ2) is 5.88. The zero-order valence-electron chi connectivity index (χ0n) is 12.3. The molecule has 1 N–H and O–H groups in total. The summed E-state index contributed by atoms with van der Waals surface area (Å²) in [5, 5.41) is 7.33. The molecule has 6 nitrogen and oxygen atoms in total. The fraction of sp³-hybridized carbons (Fsp3) is 0.333. The average molecular weight is 322 g/mol. The van der Waals surface area contributed by atoms with Gasteiger partial charge in [-0.25, -0.2) is 4.68 Å². The number of para-hydroxylation sites is 1. The lowest BCUT2D eigenvalue weighted by molar-refractivity contribution is 0.256. The molecule has 0 unspecified atom stereocenters. The molecule has 0 aliphatic carbocycles. The zero-order chi connectivity index (χ0) is 15.7. The fourth-order valence-corrected chi connectivity index (χ4v) is 2.70. The van der Waals surface area contributed by atoms with Gasteiger partial charge in [-0.3, -0.25) is 4.79 Å². The van der Waals surface area contributed by atoms with E-state index in [0.29, 0.717) is 12.3 Å². The fourth-order valence-electron chi connectivity index (χ4n) is 2.48. The van der Waals surface area contributed by atoms with E-state index in [1.165, 1.54) is 4.68 Å². The van der Waals surface area contributed by atoms with Crippen LogP contribution in [0.5, 0.6) is 11.5 Å². The van der Waals surface area contributed by atoms with E-state index in [4.69, 9.17) is 21.1 Å². The first kappa shape index (κ1) is 14.7. The SMILES string of the molecule is COc1cccc2c1OC[C@@H](Nc1cnn(C)c(=O)c1Cl)C2. The minimum absolute atomic E-state index is 0.00557. The Hall–Kier alpha value is -2.21. The number of rotatable bonds is 3. The number of nitrogens with zero attached hydrogens (tertiary/aromatic N) is 2. The Balaban J connectivity index is 1.81. The number of fused-ring (bicyclic) bond motifs is 1. The van der Waals surface area contributed by atoms with Crippen LogP contribution < -0.4 is 20.3 Å². The van der Waals surface area contributed by atoms with Crippen molar-refractivity contribution in [1.29, 1.82) is 0 Å². The number of ether oxygens (including phenoxy) is 2. The van der Waals surface area contributed by atoms with E-state index in [2.05, 4.69) is 10.4 Å². The summed E-state index contributed by atoms with van der Waals surface area (Å²) >= 11 is 6.07. The summed E-state index contributed by atoms with van der Waals surface area (Å²) in [5.74, 6) is 1.50. The molecule has 3 rings (SSSR count). The van der Waals surface area contributed by atoms with E-state index in [9.17, 15) is 4.79 Å². The highest BCUT2D eigenvalue weighted by molar-refractivity contribution is 6.32. The van der Waals surface area contributed by atoms with E-state index >= 15 is 0 Å². The topological polar surface area (TPSA) is 65.4 Å². The van der Waals surface area contributed by atoms with Crippen molar-refractivity contribution in [2.75, 3.05) is 19.0 Å². The van der Waals surface area contributed by atoms with Gasteiger partial charge in [-0.05, 0) is 12.5 Å². The van der Waals surface area contributed by atoms with E-state index in [-0.39, 0.29) is 16.6 Å². The van der Waals surface area contributed by atoms with E-state index < -0.39 is 0 Å². The largest absolute Gasteiger partial charge is 0.493 e. The average Bonchev–Trinajstić information content (AvgIpc) is 2.54. The predicted octanol–water partition coefficient (Wildman–Crippen LogP) is 1.86. The summed E-state index contributed by atoms with van der Waals surface area (Å²) in [5.41, 5.74) is 1.24. The first-order valence-corrected chi connectivity index (χ1v) is 7.25. The van der Waals surface area contributed by atoms with Crippen molar-refractivity contribution in [3.05, 3.63) is 45.3 Å². The van der Waals surface area contributed by atoms with Crippen LogP contribution in [0.15, 0.2) is 29.2 Å². The third-order valence-electron chi connectivity index (χ3n) is 3.61. The number of nitrogens with one attached hydrogen (secondary N) is 1. The maximum Gasteiger partial charge on any atom is 0.287 e. The van der Waals surface area contributed by atoms with Crippen LogP contribution in [0.4, 0.5) is 5.69 Å². The van der Waals surface area contributed by atoms with Crippen LogP contribution in [0.3, 0.4) is 0 Å². The molecule has 0 saturated carbocycles. The van der Waals surface area contributed by atoms with Gasteiger partial charge in [-0.1, -0.05) is 23.7 Å². The summed E-state index contributed by atoms with van der Waals surface area (Å²) in [6.45, 7) is 0.457. The predicted molar refractivity (Wildman–Crippen MR) is 84.1 cm³/mol. The van der Waals surface area contributed by atoms with Crippen LogP contribution >= 0.6 is 11.6 Å². The van der Waals surface area contributed by atoms with Gasteiger partial charge in [0.2, 0.25) is 0 Å². The Labute approximate surface area is 132 Å². The summed E-state index contributed by atoms with van der Waals surface area (Å²) in [6, 6.07) is 5.80. The molecule has 1 aromatic heterocycles. The summed E-state index contributed by atoms with van der Waals surface area (Å²) in [6.07, 6.45) is 2.29. The van der Waals surface area contributed by atoms with Crippen LogP contribution in [-0.2, 0) is 13.5 Å². The smallest absolute Gasteiger partial charge is 0.287 e. The first-order valence-electron chi connectivity index (χ1n) is 6.87. The highest BCUT2D eigenvalue weighted by atomic mass is 35.5. The maximum atomic E-state index is 11.8. The quantitative estimate of drug-likeness (QED) is 0.934. The van der Waals surface area contributed by atoms with Crippen LogP contribution in [-0.4, -0.2) is 29.5 Å². The van der Waals surface area contributed by atoms with E-state index in [1.54, 1.807) is 20.4 Å². The molecule has 0 saturated heterocycles. The van der Waals surface area contributed by atoms with Gasteiger partial charge < -0.3 is 14.8 Å². The molecule has 22 heavy (non-hydrogen) atoms. The number of halogens is 1. The number of aryl methyl sites for hydroxylation is 1. The molecule has 0 bridgehead atoms.